The van der Waals surface area contributed by atoms with Crippen LogP contribution in [0.4, 0.5) is 0 Å². The first-order chi connectivity index (χ1) is 26.2. The Morgan fingerprint density at radius 2 is 1.41 bits per heavy atom. The molecule has 4 saturated carbocycles. The van der Waals surface area contributed by atoms with Gasteiger partial charge in [-0.25, -0.2) is 0 Å². The van der Waals surface area contributed by atoms with Gasteiger partial charge in [-0.1, -0.05) is 39.3 Å². The SMILES string of the molecule is CC(C)=C[C@H]1C[C@](C)(O)[C@@H]2[C@H]3CC[C@@H]4[C@@]5(C)CC[C@H](O[C@@H]6O[C@H](CO)[C@@H](O)[C@H](O[C@@H]7O[C@H](CO)[C@@H](O)[C@H](O)[C@H]7O)[C@H]6O)C(C)(C)[C@@H]5CC[C@@]4(C)[C@@]34CO[C@@]2(C4)O1. The van der Waals surface area contributed by atoms with Gasteiger partial charge in [0.05, 0.1) is 37.6 Å². The molecule has 0 radical (unpaired) electrons. The Hall–Kier alpha value is -0.820. The van der Waals surface area contributed by atoms with Crippen molar-refractivity contribution in [2.24, 2.45) is 45.3 Å². The summed E-state index contributed by atoms with van der Waals surface area (Å²) in [6.45, 7) is 14.9. The average Bonchev–Trinajstić information content (AvgIpc) is 3.64. The Bertz CT molecular complexity index is 1500. The quantitative estimate of drug-likeness (QED) is 0.135. The van der Waals surface area contributed by atoms with Gasteiger partial charge in [-0.15, -0.1) is 0 Å². The van der Waals surface area contributed by atoms with E-state index in [1.54, 1.807) is 0 Å². The number of hydrogen-bond acceptors (Lipinski definition) is 14. The predicted octanol–water partition coefficient (Wildman–Crippen LogP) is 1.50. The summed E-state index contributed by atoms with van der Waals surface area (Å²) in [4.78, 5) is 0. The Kier molecular flexibility index (Phi) is 10.6. The van der Waals surface area contributed by atoms with Gasteiger partial charge in [-0.3, -0.25) is 0 Å². The molecule has 8 rings (SSSR count). The molecule has 0 aromatic heterocycles. The lowest BCUT2D eigenvalue weighted by Gasteiger charge is -2.70. The molecule has 4 saturated heterocycles. The second-order valence-electron chi connectivity index (χ2n) is 20.6. The molecule has 4 heterocycles. The van der Waals surface area contributed by atoms with Gasteiger partial charge in [0.1, 0.15) is 48.8 Å². The molecular formula is C42H68O14. The van der Waals surface area contributed by atoms with Gasteiger partial charge in [-0.2, -0.15) is 0 Å². The van der Waals surface area contributed by atoms with Gasteiger partial charge >= 0.3 is 0 Å². The first kappa shape index (κ1) is 41.9. The van der Waals surface area contributed by atoms with Crippen LogP contribution in [0.3, 0.4) is 0 Å². The van der Waals surface area contributed by atoms with Gasteiger partial charge in [0, 0.05) is 24.2 Å². The van der Waals surface area contributed by atoms with Crippen LogP contribution >= 0.6 is 0 Å². The largest absolute Gasteiger partial charge is 0.394 e. The highest BCUT2D eigenvalue weighted by molar-refractivity contribution is 5.26. The van der Waals surface area contributed by atoms with E-state index in [9.17, 15) is 40.9 Å². The van der Waals surface area contributed by atoms with Crippen molar-refractivity contribution >= 4 is 0 Å². The van der Waals surface area contributed by atoms with E-state index >= 15 is 0 Å². The van der Waals surface area contributed by atoms with Crippen LogP contribution < -0.4 is 0 Å². The normalized spacial score (nSPS) is 57.4. The molecule has 8 aliphatic rings. The van der Waals surface area contributed by atoms with Gasteiger partial charge in [0.25, 0.3) is 0 Å². The van der Waals surface area contributed by atoms with Crippen molar-refractivity contribution in [2.75, 3.05) is 19.8 Å². The summed E-state index contributed by atoms with van der Waals surface area (Å²) >= 11 is 0. The molecule has 8 fully saturated rings. The molecule has 4 aliphatic heterocycles. The van der Waals surface area contributed by atoms with E-state index in [0.29, 0.717) is 31.3 Å². The van der Waals surface area contributed by atoms with E-state index in [-0.39, 0.29) is 45.7 Å². The van der Waals surface area contributed by atoms with Crippen LogP contribution in [0.2, 0.25) is 0 Å². The minimum atomic E-state index is -1.75. The van der Waals surface area contributed by atoms with Crippen molar-refractivity contribution in [1.29, 1.82) is 0 Å². The highest BCUT2D eigenvalue weighted by atomic mass is 16.7. The fourth-order valence-corrected chi connectivity index (χ4v) is 14.6. The molecule has 0 aromatic rings. The predicted molar refractivity (Wildman–Crippen MR) is 198 cm³/mol. The van der Waals surface area contributed by atoms with Crippen molar-refractivity contribution < 1.29 is 69.3 Å². The molecule has 14 nitrogen and oxygen atoms in total. The number of aliphatic hydroxyl groups is 8. The average molecular weight is 797 g/mol. The Morgan fingerprint density at radius 3 is 2.07 bits per heavy atom. The lowest BCUT2D eigenvalue weighted by molar-refractivity contribution is -0.370. The van der Waals surface area contributed by atoms with Gasteiger partial charge in [-0.05, 0) is 93.3 Å². The second kappa shape index (κ2) is 14.1. The molecule has 21 atom stereocenters. The number of ether oxygens (including phenoxy) is 6. The Balaban J connectivity index is 1.01. The summed E-state index contributed by atoms with van der Waals surface area (Å²) in [7, 11) is 0. The molecule has 0 amide bonds. The number of aliphatic hydroxyl groups excluding tert-OH is 7. The minimum Gasteiger partial charge on any atom is -0.394 e. The molecule has 2 spiro atoms. The van der Waals surface area contributed by atoms with E-state index in [4.69, 9.17) is 28.4 Å². The molecule has 320 valence electrons. The van der Waals surface area contributed by atoms with Crippen LogP contribution in [0.25, 0.3) is 0 Å². The molecular weight excluding hydrogens is 728 g/mol. The molecule has 0 aromatic carbocycles. The number of hydrogen-bond donors (Lipinski definition) is 8. The fraction of sp³-hybridized carbons (Fsp3) is 0.952. The highest BCUT2D eigenvalue weighted by Gasteiger charge is 2.81. The van der Waals surface area contributed by atoms with E-state index in [2.05, 4.69) is 47.6 Å². The van der Waals surface area contributed by atoms with Crippen LogP contribution in [0.1, 0.15) is 99.8 Å². The summed E-state index contributed by atoms with van der Waals surface area (Å²) in [5, 5.41) is 85.9. The number of rotatable bonds is 7. The van der Waals surface area contributed by atoms with Crippen molar-refractivity contribution in [3.05, 3.63) is 11.6 Å². The van der Waals surface area contributed by atoms with Gasteiger partial charge in [0.2, 0.25) is 0 Å². The van der Waals surface area contributed by atoms with Gasteiger partial charge in [0.15, 0.2) is 18.4 Å². The molecule has 14 heteroatoms. The van der Waals surface area contributed by atoms with E-state index in [1.165, 1.54) is 5.57 Å². The minimum absolute atomic E-state index is 0.0284. The molecule has 0 unspecified atom stereocenters. The summed E-state index contributed by atoms with van der Waals surface area (Å²) in [6, 6.07) is 0. The Morgan fingerprint density at radius 1 is 0.750 bits per heavy atom. The number of fused-ring (bicyclic) bond motifs is 4. The van der Waals surface area contributed by atoms with Crippen LogP contribution in [-0.4, -0.2) is 146 Å². The lowest BCUT2D eigenvalue weighted by Crippen LogP contribution is -2.68. The van der Waals surface area contributed by atoms with Crippen LogP contribution in [0.5, 0.6) is 0 Å². The first-order valence-electron chi connectivity index (χ1n) is 21.1. The zero-order valence-electron chi connectivity index (χ0n) is 34.1. The van der Waals surface area contributed by atoms with Crippen molar-refractivity contribution in [3.8, 4) is 0 Å². The van der Waals surface area contributed by atoms with Crippen molar-refractivity contribution in [1.82, 2.24) is 0 Å². The molecule has 4 aliphatic carbocycles. The van der Waals surface area contributed by atoms with Crippen molar-refractivity contribution in [2.45, 2.75) is 185 Å². The third kappa shape index (κ3) is 5.94. The number of allylic oxidation sites excluding steroid dienone is 1. The molecule has 2 bridgehead atoms. The standard InChI is InChI=1S/C42H68O14/c1-20(2)14-21-15-40(7,50)34-22-8-9-26-38(5)12-11-27(37(3,4)25(38)10-13-39(26,6)41(22)18-42(34,56-21)51-19-41)54-36-32(49)33(29(46)24(17-44)53-36)55-35-31(48)30(47)28(45)23(16-43)52-35/h14,21-36,43-50H,8-13,15-19H2,1-7H3/t21-,22+,23+,24+,25-,26+,27-,28+,29+,30-,31+,32+,33-,34-,35-,36-,38-,39+,40-,41-,42-/m0/s1. The maximum atomic E-state index is 12.1. The molecule has 8 N–H and O–H groups in total. The summed E-state index contributed by atoms with van der Waals surface area (Å²) in [6.07, 6.45) is -6.46. The zero-order valence-corrected chi connectivity index (χ0v) is 34.1. The fourth-order valence-electron chi connectivity index (χ4n) is 14.6. The van der Waals surface area contributed by atoms with Gasteiger partial charge < -0.3 is 69.3 Å². The third-order valence-electron chi connectivity index (χ3n) is 17.0. The lowest BCUT2D eigenvalue weighted by atomic mass is 9.35. The van der Waals surface area contributed by atoms with Crippen LogP contribution in [0.15, 0.2) is 11.6 Å². The van der Waals surface area contributed by atoms with Crippen LogP contribution in [0, 0.1) is 45.3 Å². The Labute approximate surface area is 330 Å². The maximum absolute atomic E-state index is 12.1. The topological polar surface area (TPSA) is 217 Å². The smallest absolute Gasteiger partial charge is 0.187 e. The first-order valence-corrected chi connectivity index (χ1v) is 21.1. The van der Waals surface area contributed by atoms with Crippen molar-refractivity contribution in [3.63, 3.8) is 0 Å². The van der Waals surface area contributed by atoms with Crippen LogP contribution in [-0.2, 0) is 28.4 Å². The third-order valence-corrected chi connectivity index (χ3v) is 17.0. The molecule has 56 heavy (non-hydrogen) atoms. The van der Waals surface area contributed by atoms with E-state index in [1.807, 2.05) is 6.92 Å². The maximum Gasteiger partial charge on any atom is 0.187 e. The second-order valence-corrected chi connectivity index (χ2v) is 20.6. The van der Waals surface area contributed by atoms with E-state index < -0.39 is 86.0 Å². The highest BCUT2D eigenvalue weighted by Crippen LogP contribution is 2.80. The summed E-state index contributed by atoms with van der Waals surface area (Å²) in [5.41, 5.74) is -0.269. The summed E-state index contributed by atoms with van der Waals surface area (Å²) in [5.74, 6) is 0.123. The summed E-state index contributed by atoms with van der Waals surface area (Å²) < 4.78 is 37.8. The zero-order chi connectivity index (χ0) is 40.5. The monoisotopic (exact) mass is 796 g/mol. The van der Waals surface area contributed by atoms with E-state index in [0.717, 1.165) is 38.5 Å².